The first-order chi connectivity index (χ1) is 7.81. The number of hydrogen-bond acceptors (Lipinski definition) is 5. The quantitative estimate of drug-likeness (QED) is 0.605. The summed E-state index contributed by atoms with van der Waals surface area (Å²) in [6.45, 7) is 1.84. The van der Waals surface area contributed by atoms with Crippen molar-refractivity contribution in [1.82, 2.24) is 24.8 Å². The fraction of sp³-hybridized carbons (Fsp3) is 0.200. The van der Waals surface area contributed by atoms with E-state index in [1.807, 2.05) is 13.0 Å². The van der Waals surface area contributed by atoms with Crippen LogP contribution < -0.4 is 4.74 Å². The van der Waals surface area contributed by atoms with Gasteiger partial charge in [0.25, 0.3) is 0 Å². The Labute approximate surface area is 90.9 Å². The molecule has 0 aromatic carbocycles. The monoisotopic (exact) mass is 215 g/mol. The Bertz CT molecular complexity index is 675. The molecule has 0 unspecified atom stereocenters. The zero-order chi connectivity index (χ0) is 11.1. The van der Waals surface area contributed by atoms with Crippen molar-refractivity contribution in [2.75, 3.05) is 7.11 Å². The maximum atomic E-state index is 5.24. The fourth-order valence-electron chi connectivity index (χ4n) is 1.70. The predicted octanol–water partition coefficient (Wildman–Crippen LogP) is 0.990. The fourth-order valence-corrected chi connectivity index (χ4v) is 1.70. The smallest absolute Gasteiger partial charge is 0.239 e. The van der Waals surface area contributed by atoms with E-state index in [1.165, 1.54) is 0 Å². The van der Waals surface area contributed by atoms with Crippen molar-refractivity contribution in [3.8, 4) is 5.88 Å². The molecule has 0 saturated carbocycles. The Hall–Kier alpha value is -2.24. The van der Waals surface area contributed by atoms with E-state index in [9.17, 15) is 0 Å². The number of rotatable bonds is 1. The van der Waals surface area contributed by atoms with E-state index in [1.54, 1.807) is 24.0 Å². The summed E-state index contributed by atoms with van der Waals surface area (Å²) in [6.07, 6.45) is 3.44. The minimum atomic E-state index is 0.549. The van der Waals surface area contributed by atoms with E-state index in [4.69, 9.17) is 4.74 Å². The van der Waals surface area contributed by atoms with E-state index in [2.05, 4.69) is 20.3 Å². The number of hydrogen-bond donors (Lipinski definition) is 0. The van der Waals surface area contributed by atoms with Crippen molar-refractivity contribution in [1.29, 1.82) is 0 Å². The largest absolute Gasteiger partial charge is 0.480 e. The van der Waals surface area contributed by atoms with Crippen LogP contribution in [0.1, 0.15) is 5.82 Å². The summed E-state index contributed by atoms with van der Waals surface area (Å²) in [5.74, 6) is 1.27. The molecule has 0 bridgehead atoms. The number of ether oxygens (including phenoxy) is 1. The predicted molar refractivity (Wildman–Crippen MR) is 57.4 cm³/mol. The lowest BCUT2D eigenvalue weighted by molar-refractivity contribution is 0.395. The molecule has 6 nitrogen and oxygen atoms in total. The van der Waals surface area contributed by atoms with E-state index in [0.717, 1.165) is 16.6 Å². The second kappa shape index (κ2) is 3.13. The van der Waals surface area contributed by atoms with Crippen LogP contribution in [-0.4, -0.2) is 31.9 Å². The van der Waals surface area contributed by atoms with Crippen molar-refractivity contribution in [2.45, 2.75) is 6.92 Å². The SMILES string of the molecule is COc1nn2c(C)nnc2c2cnccc12. The van der Waals surface area contributed by atoms with Gasteiger partial charge in [-0.3, -0.25) is 4.98 Å². The van der Waals surface area contributed by atoms with Crippen molar-refractivity contribution in [3.63, 3.8) is 0 Å². The van der Waals surface area contributed by atoms with Gasteiger partial charge in [-0.25, -0.2) is 0 Å². The number of aryl methyl sites for hydroxylation is 1. The number of pyridine rings is 1. The molecule has 0 N–H and O–H groups in total. The summed E-state index contributed by atoms with van der Waals surface area (Å²) in [5, 5.41) is 14.2. The van der Waals surface area contributed by atoms with Crippen LogP contribution in [0.5, 0.6) is 5.88 Å². The summed E-state index contributed by atoms with van der Waals surface area (Å²) < 4.78 is 6.90. The molecule has 3 aromatic rings. The van der Waals surface area contributed by atoms with Gasteiger partial charge in [0.15, 0.2) is 11.5 Å². The van der Waals surface area contributed by atoms with Gasteiger partial charge in [-0.1, -0.05) is 0 Å². The van der Waals surface area contributed by atoms with Crippen LogP contribution in [0.15, 0.2) is 18.5 Å². The molecule has 80 valence electrons. The second-order valence-corrected chi connectivity index (χ2v) is 3.41. The third-order valence-corrected chi connectivity index (χ3v) is 2.47. The molecule has 0 radical (unpaired) electrons. The Morgan fingerprint density at radius 2 is 2.12 bits per heavy atom. The molecule has 3 heterocycles. The Morgan fingerprint density at radius 3 is 2.94 bits per heavy atom. The maximum Gasteiger partial charge on any atom is 0.239 e. The lowest BCUT2D eigenvalue weighted by Gasteiger charge is -2.04. The molecule has 3 aromatic heterocycles. The standard InChI is InChI=1S/C10H9N5O/c1-6-12-13-9-8-5-11-4-3-7(8)10(16-2)14-15(6)9/h3-5H,1-2H3. The molecule has 0 spiro atoms. The topological polar surface area (TPSA) is 65.2 Å². The highest BCUT2D eigenvalue weighted by molar-refractivity contribution is 5.95. The summed E-state index contributed by atoms with van der Waals surface area (Å²) >= 11 is 0. The van der Waals surface area contributed by atoms with E-state index >= 15 is 0 Å². The molecule has 0 aliphatic heterocycles. The lowest BCUT2D eigenvalue weighted by atomic mass is 10.2. The number of fused-ring (bicyclic) bond motifs is 3. The highest BCUT2D eigenvalue weighted by Crippen LogP contribution is 2.24. The van der Waals surface area contributed by atoms with Crippen LogP contribution in [0.2, 0.25) is 0 Å². The highest BCUT2D eigenvalue weighted by atomic mass is 16.5. The highest BCUT2D eigenvalue weighted by Gasteiger charge is 2.11. The first-order valence-corrected chi connectivity index (χ1v) is 4.81. The van der Waals surface area contributed by atoms with Crippen molar-refractivity contribution < 1.29 is 4.74 Å². The van der Waals surface area contributed by atoms with Crippen LogP contribution >= 0.6 is 0 Å². The zero-order valence-electron chi connectivity index (χ0n) is 8.88. The lowest BCUT2D eigenvalue weighted by Crippen LogP contribution is -1.99. The second-order valence-electron chi connectivity index (χ2n) is 3.41. The average Bonchev–Trinajstić information content (AvgIpc) is 2.70. The van der Waals surface area contributed by atoms with Crippen molar-refractivity contribution in [2.24, 2.45) is 0 Å². The molecule has 3 rings (SSSR count). The van der Waals surface area contributed by atoms with Gasteiger partial charge < -0.3 is 4.74 Å². The molecule has 16 heavy (non-hydrogen) atoms. The summed E-state index contributed by atoms with van der Waals surface area (Å²) in [4.78, 5) is 4.08. The van der Waals surface area contributed by atoms with Gasteiger partial charge in [0.05, 0.1) is 17.9 Å². The maximum absolute atomic E-state index is 5.24. The van der Waals surface area contributed by atoms with Crippen LogP contribution in [0.25, 0.3) is 16.4 Å². The minimum Gasteiger partial charge on any atom is -0.480 e. The third-order valence-electron chi connectivity index (χ3n) is 2.47. The summed E-state index contributed by atoms with van der Waals surface area (Å²) in [6, 6.07) is 1.85. The molecule has 0 atom stereocenters. The summed E-state index contributed by atoms with van der Waals surface area (Å²) in [7, 11) is 1.59. The Morgan fingerprint density at radius 1 is 1.25 bits per heavy atom. The van der Waals surface area contributed by atoms with Gasteiger partial charge in [0.1, 0.15) is 0 Å². The van der Waals surface area contributed by atoms with Gasteiger partial charge >= 0.3 is 0 Å². The van der Waals surface area contributed by atoms with E-state index in [0.29, 0.717) is 11.5 Å². The molecule has 0 amide bonds. The van der Waals surface area contributed by atoms with Crippen molar-refractivity contribution >= 4 is 16.4 Å². The molecule has 0 aliphatic rings. The third kappa shape index (κ3) is 1.06. The number of aromatic nitrogens is 5. The van der Waals surface area contributed by atoms with Crippen LogP contribution in [0.4, 0.5) is 0 Å². The van der Waals surface area contributed by atoms with Crippen LogP contribution in [0.3, 0.4) is 0 Å². The Kier molecular flexibility index (Phi) is 1.76. The van der Waals surface area contributed by atoms with Gasteiger partial charge in [-0.15, -0.1) is 15.3 Å². The van der Waals surface area contributed by atoms with Gasteiger partial charge in [0, 0.05) is 12.4 Å². The molecule has 6 heteroatoms. The minimum absolute atomic E-state index is 0.549. The molecular formula is C10H9N5O. The number of methoxy groups -OCH3 is 1. The molecular weight excluding hydrogens is 206 g/mol. The van der Waals surface area contributed by atoms with Gasteiger partial charge in [-0.05, 0) is 13.0 Å². The normalized spacial score (nSPS) is 11.1. The first-order valence-electron chi connectivity index (χ1n) is 4.81. The Balaban J connectivity index is 2.58. The molecule has 0 fully saturated rings. The molecule has 0 aliphatic carbocycles. The molecule has 0 saturated heterocycles. The van der Waals surface area contributed by atoms with Crippen LogP contribution in [0, 0.1) is 6.92 Å². The summed E-state index contributed by atoms with van der Waals surface area (Å²) in [5.41, 5.74) is 0.696. The average molecular weight is 215 g/mol. The van der Waals surface area contributed by atoms with Crippen molar-refractivity contribution in [3.05, 3.63) is 24.3 Å². The van der Waals surface area contributed by atoms with Gasteiger partial charge in [0.2, 0.25) is 5.88 Å². The van der Waals surface area contributed by atoms with E-state index in [-0.39, 0.29) is 0 Å². The first kappa shape index (κ1) is 9.02. The zero-order valence-corrected chi connectivity index (χ0v) is 8.88. The number of nitrogens with zero attached hydrogens (tertiary/aromatic N) is 5. The van der Waals surface area contributed by atoms with Crippen LogP contribution in [-0.2, 0) is 0 Å². The van der Waals surface area contributed by atoms with E-state index < -0.39 is 0 Å². The van der Waals surface area contributed by atoms with Gasteiger partial charge in [-0.2, -0.15) is 4.52 Å².